The number of nitrogens with zero attached hydrogens (tertiary/aromatic N) is 1. The van der Waals surface area contributed by atoms with Gasteiger partial charge in [-0.3, -0.25) is 14.5 Å². The summed E-state index contributed by atoms with van der Waals surface area (Å²) >= 11 is 0. The molecule has 0 aromatic heterocycles. The Morgan fingerprint density at radius 2 is 1.62 bits per heavy atom. The van der Waals surface area contributed by atoms with E-state index in [0.29, 0.717) is 11.4 Å². The second-order valence-corrected chi connectivity index (χ2v) is 7.87. The van der Waals surface area contributed by atoms with Crippen LogP contribution in [0.15, 0.2) is 90.7 Å². The summed E-state index contributed by atoms with van der Waals surface area (Å²) in [4.78, 5) is 27.4. The lowest BCUT2D eigenvalue weighted by molar-refractivity contribution is -0.123. The number of nitrogens with one attached hydrogen (secondary N) is 1. The van der Waals surface area contributed by atoms with Gasteiger partial charge in [-0.2, -0.15) is 0 Å². The number of hydrogen-bond acceptors (Lipinski definition) is 3. The minimum Gasteiger partial charge on any atom is -0.449 e. The third kappa shape index (κ3) is 5.24. The molecule has 32 heavy (non-hydrogen) atoms. The van der Waals surface area contributed by atoms with Gasteiger partial charge in [-0.05, 0) is 49.1 Å². The molecule has 0 saturated heterocycles. The highest BCUT2D eigenvalue weighted by Gasteiger charge is 2.31. The molecular weight excluding hydrogens is 400 g/mol. The second kappa shape index (κ2) is 9.96. The number of benzene rings is 3. The van der Waals surface area contributed by atoms with Crippen LogP contribution in [0.5, 0.6) is 5.75 Å². The van der Waals surface area contributed by atoms with Crippen LogP contribution < -0.4 is 15.0 Å². The molecule has 5 heteroatoms. The summed E-state index contributed by atoms with van der Waals surface area (Å²) in [6.45, 7) is 1.91. The molecule has 1 aliphatic heterocycles. The van der Waals surface area contributed by atoms with E-state index in [1.165, 1.54) is 10.5 Å². The number of aryl methyl sites for hydroxylation is 1. The number of carbonyl (C=O) groups is 2. The quantitative estimate of drug-likeness (QED) is 0.562. The standard InChI is InChI=1S/C27H26N2O3/c1-20(16-17-21-10-4-2-5-11-21)28-26(30)19-29-23-14-8-9-15-24(23)32-25(27(29)31)18-22-12-6-3-7-13-22/h2-15,18,20H,16-17,19H2,1H3,(H,28,30)/b25-18+/t20-/m1/s1. The molecule has 0 bridgehead atoms. The highest BCUT2D eigenvalue weighted by Crippen LogP contribution is 2.35. The first kappa shape index (κ1) is 21.4. The van der Waals surface area contributed by atoms with Crippen molar-refractivity contribution in [2.24, 2.45) is 0 Å². The zero-order valence-corrected chi connectivity index (χ0v) is 18.0. The Kier molecular flexibility index (Phi) is 6.66. The summed E-state index contributed by atoms with van der Waals surface area (Å²) in [6, 6.07) is 26.9. The van der Waals surface area contributed by atoms with Gasteiger partial charge in [0.2, 0.25) is 5.91 Å². The third-order valence-corrected chi connectivity index (χ3v) is 5.35. The molecule has 4 rings (SSSR count). The summed E-state index contributed by atoms with van der Waals surface area (Å²) < 4.78 is 5.87. The molecule has 1 heterocycles. The summed E-state index contributed by atoms with van der Waals surface area (Å²) in [6.07, 6.45) is 3.40. The van der Waals surface area contributed by atoms with Crippen LogP contribution in [0.1, 0.15) is 24.5 Å². The van der Waals surface area contributed by atoms with Crippen LogP contribution in [0, 0.1) is 0 Å². The fraction of sp³-hybridized carbons (Fsp3) is 0.185. The molecule has 5 nitrogen and oxygen atoms in total. The van der Waals surface area contributed by atoms with E-state index in [1.54, 1.807) is 18.2 Å². The van der Waals surface area contributed by atoms with Crippen LogP contribution in [0.25, 0.3) is 6.08 Å². The predicted molar refractivity (Wildman–Crippen MR) is 126 cm³/mol. The van der Waals surface area contributed by atoms with Crippen LogP contribution in [0.4, 0.5) is 5.69 Å². The lowest BCUT2D eigenvalue weighted by Gasteiger charge is -2.30. The van der Waals surface area contributed by atoms with Gasteiger partial charge in [-0.15, -0.1) is 0 Å². The van der Waals surface area contributed by atoms with Gasteiger partial charge in [-0.1, -0.05) is 72.8 Å². The molecule has 1 N–H and O–H groups in total. The molecule has 0 aliphatic carbocycles. The molecule has 0 unspecified atom stereocenters. The molecule has 1 atom stereocenters. The highest BCUT2D eigenvalue weighted by molar-refractivity contribution is 6.12. The van der Waals surface area contributed by atoms with Crippen molar-refractivity contribution in [3.8, 4) is 5.75 Å². The Bertz CT molecular complexity index is 1110. The molecule has 0 saturated carbocycles. The van der Waals surface area contributed by atoms with Crippen molar-refractivity contribution in [3.05, 3.63) is 102 Å². The molecule has 1 aliphatic rings. The normalized spacial score (nSPS) is 15.1. The van der Waals surface area contributed by atoms with Gasteiger partial charge in [0, 0.05) is 6.04 Å². The van der Waals surface area contributed by atoms with Crippen molar-refractivity contribution >= 4 is 23.6 Å². The van der Waals surface area contributed by atoms with Crippen molar-refractivity contribution in [3.63, 3.8) is 0 Å². The molecule has 0 spiro atoms. The SMILES string of the molecule is C[C@H](CCc1ccccc1)NC(=O)CN1C(=O)/C(=C\c2ccccc2)Oc2ccccc21. The highest BCUT2D eigenvalue weighted by atomic mass is 16.5. The second-order valence-electron chi connectivity index (χ2n) is 7.87. The fourth-order valence-electron chi connectivity index (χ4n) is 3.68. The van der Waals surface area contributed by atoms with Gasteiger partial charge < -0.3 is 10.1 Å². The lowest BCUT2D eigenvalue weighted by Crippen LogP contribution is -2.46. The molecular formula is C27H26N2O3. The van der Waals surface area contributed by atoms with E-state index in [9.17, 15) is 9.59 Å². The average Bonchev–Trinajstić information content (AvgIpc) is 2.82. The lowest BCUT2D eigenvalue weighted by atomic mass is 10.1. The molecule has 0 radical (unpaired) electrons. The monoisotopic (exact) mass is 426 g/mol. The van der Waals surface area contributed by atoms with Gasteiger partial charge >= 0.3 is 0 Å². The van der Waals surface area contributed by atoms with Gasteiger partial charge in [0.15, 0.2) is 11.5 Å². The van der Waals surface area contributed by atoms with E-state index in [0.717, 1.165) is 18.4 Å². The Morgan fingerprint density at radius 3 is 2.38 bits per heavy atom. The maximum Gasteiger partial charge on any atom is 0.294 e. The first-order chi connectivity index (χ1) is 15.6. The summed E-state index contributed by atoms with van der Waals surface area (Å²) in [7, 11) is 0. The predicted octanol–water partition coefficient (Wildman–Crippen LogP) is 4.59. The molecule has 162 valence electrons. The van der Waals surface area contributed by atoms with E-state index < -0.39 is 0 Å². The van der Waals surface area contributed by atoms with Crippen molar-refractivity contribution in [2.45, 2.75) is 25.8 Å². The Balaban J connectivity index is 1.45. The number of hydrogen-bond donors (Lipinski definition) is 1. The van der Waals surface area contributed by atoms with Crippen LogP contribution in [0.3, 0.4) is 0 Å². The van der Waals surface area contributed by atoms with Gasteiger partial charge in [-0.25, -0.2) is 0 Å². The van der Waals surface area contributed by atoms with Gasteiger partial charge in [0.05, 0.1) is 5.69 Å². The smallest absolute Gasteiger partial charge is 0.294 e. The fourth-order valence-corrected chi connectivity index (χ4v) is 3.68. The Morgan fingerprint density at radius 1 is 0.969 bits per heavy atom. The topological polar surface area (TPSA) is 58.6 Å². The van der Waals surface area contributed by atoms with E-state index in [2.05, 4.69) is 17.4 Å². The number of carbonyl (C=O) groups excluding carboxylic acids is 2. The largest absolute Gasteiger partial charge is 0.449 e. The molecule has 2 amide bonds. The van der Waals surface area contributed by atoms with E-state index in [4.69, 9.17) is 4.74 Å². The van der Waals surface area contributed by atoms with E-state index in [1.807, 2.05) is 67.6 Å². The Labute approximate surface area is 188 Å². The number of fused-ring (bicyclic) bond motifs is 1. The van der Waals surface area contributed by atoms with Crippen LogP contribution in [-0.2, 0) is 16.0 Å². The minimum absolute atomic E-state index is 0.00609. The summed E-state index contributed by atoms with van der Waals surface area (Å²) in [5.74, 6) is 0.216. The van der Waals surface area contributed by atoms with Crippen molar-refractivity contribution in [1.29, 1.82) is 0 Å². The molecule has 3 aromatic rings. The van der Waals surface area contributed by atoms with Gasteiger partial charge in [0.25, 0.3) is 5.91 Å². The third-order valence-electron chi connectivity index (χ3n) is 5.35. The van der Waals surface area contributed by atoms with Gasteiger partial charge in [0.1, 0.15) is 6.54 Å². The number of ether oxygens (including phenoxy) is 1. The maximum absolute atomic E-state index is 13.2. The molecule has 0 fully saturated rings. The Hall–Kier alpha value is -3.86. The van der Waals surface area contributed by atoms with Crippen molar-refractivity contribution in [1.82, 2.24) is 5.32 Å². The van der Waals surface area contributed by atoms with E-state index >= 15 is 0 Å². The first-order valence-electron chi connectivity index (χ1n) is 10.8. The zero-order valence-electron chi connectivity index (χ0n) is 18.0. The summed E-state index contributed by atoms with van der Waals surface area (Å²) in [5, 5.41) is 3.02. The summed E-state index contributed by atoms with van der Waals surface area (Å²) in [5.41, 5.74) is 2.69. The van der Waals surface area contributed by atoms with Crippen LogP contribution >= 0.6 is 0 Å². The van der Waals surface area contributed by atoms with E-state index in [-0.39, 0.29) is 30.2 Å². The minimum atomic E-state index is -0.334. The van der Waals surface area contributed by atoms with Crippen LogP contribution in [-0.4, -0.2) is 24.4 Å². The number of anilines is 1. The number of para-hydroxylation sites is 2. The number of amides is 2. The number of rotatable bonds is 7. The molecule has 3 aromatic carbocycles. The van der Waals surface area contributed by atoms with Crippen LogP contribution in [0.2, 0.25) is 0 Å². The zero-order chi connectivity index (χ0) is 22.3. The first-order valence-corrected chi connectivity index (χ1v) is 10.8. The van der Waals surface area contributed by atoms with Crippen molar-refractivity contribution in [2.75, 3.05) is 11.4 Å². The maximum atomic E-state index is 13.2. The average molecular weight is 427 g/mol. The van der Waals surface area contributed by atoms with Crippen molar-refractivity contribution < 1.29 is 14.3 Å².